The van der Waals surface area contributed by atoms with Gasteiger partial charge in [0.05, 0.1) is 5.92 Å². The Morgan fingerprint density at radius 1 is 1.32 bits per heavy atom. The minimum Gasteiger partial charge on any atom is -0.375 e. The number of hydrogen-bond donors (Lipinski definition) is 0. The highest BCUT2D eigenvalue weighted by Gasteiger charge is 2.42. The summed E-state index contributed by atoms with van der Waals surface area (Å²) in [6, 6.07) is 7.01. The van der Waals surface area contributed by atoms with E-state index in [-0.39, 0.29) is 18.9 Å². The van der Waals surface area contributed by atoms with Crippen molar-refractivity contribution in [2.24, 2.45) is 5.92 Å². The van der Waals surface area contributed by atoms with Gasteiger partial charge in [0.15, 0.2) is 0 Å². The number of likely N-dealkylation sites (tertiary alicyclic amines) is 1. The molecular formula is C16H21F3N2O. The van der Waals surface area contributed by atoms with Crippen LogP contribution in [-0.2, 0) is 0 Å². The number of carbonyl (C=O) groups excluding carboxylic acids is 1. The van der Waals surface area contributed by atoms with E-state index in [1.54, 1.807) is 12.1 Å². The first-order chi connectivity index (χ1) is 10.3. The highest BCUT2D eigenvalue weighted by molar-refractivity contribution is 5.94. The molecule has 3 nitrogen and oxygen atoms in total. The third-order valence-electron chi connectivity index (χ3n) is 4.20. The Hall–Kier alpha value is -1.72. The summed E-state index contributed by atoms with van der Waals surface area (Å²) in [5, 5.41) is 0. The average molecular weight is 314 g/mol. The van der Waals surface area contributed by atoms with Crippen LogP contribution in [0, 0.1) is 5.92 Å². The van der Waals surface area contributed by atoms with Crippen LogP contribution in [0.15, 0.2) is 24.3 Å². The summed E-state index contributed by atoms with van der Waals surface area (Å²) in [6.45, 7) is 3.01. The zero-order valence-corrected chi connectivity index (χ0v) is 12.9. The Bertz CT molecular complexity index is 513. The Labute approximate surface area is 128 Å². The molecule has 1 fully saturated rings. The topological polar surface area (TPSA) is 23.6 Å². The molecule has 6 heteroatoms. The third kappa shape index (κ3) is 3.72. The SMILES string of the molecule is CCN(C)c1ccc(C(=O)N2CCCC(C(F)(F)F)C2)cc1. The van der Waals surface area contributed by atoms with E-state index in [1.807, 2.05) is 31.0 Å². The van der Waals surface area contributed by atoms with E-state index in [2.05, 4.69) is 0 Å². The molecule has 1 amide bonds. The number of anilines is 1. The Morgan fingerprint density at radius 3 is 2.50 bits per heavy atom. The summed E-state index contributed by atoms with van der Waals surface area (Å²) >= 11 is 0. The summed E-state index contributed by atoms with van der Waals surface area (Å²) in [5.74, 6) is -1.73. The smallest absolute Gasteiger partial charge is 0.375 e. The lowest BCUT2D eigenvalue weighted by molar-refractivity contribution is -0.184. The summed E-state index contributed by atoms with van der Waals surface area (Å²) in [4.78, 5) is 15.7. The van der Waals surface area contributed by atoms with Crippen LogP contribution in [0.2, 0.25) is 0 Å². The lowest BCUT2D eigenvalue weighted by atomic mass is 9.97. The van der Waals surface area contributed by atoms with Crippen molar-refractivity contribution >= 4 is 11.6 Å². The molecule has 0 aliphatic carbocycles. The fourth-order valence-electron chi connectivity index (χ4n) is 2.65. The highest BCUT2D eigenvalue weighted by Crippen LogP contribution is 2.33. The number of hydrogen-bond acceptors (Lipinski definition) is 2. The zero-order chi connectivity index (χ0) is 16.3. The molecule has 0 N–H and O–H groups in total. The van der Waals surface area contributed by atoms with Crippen LogP contribution in [0.5, 0.6) is 0 Å². The molecule has 1 atom stereocenters. The fraction of sp³-hybridized carbons (Fsp3) is 0.562. The van der Waals surface area contributed by atoms with Crippen LogP contribution < -0.4 is 4.90 Å². The Morgan fingerprint density at radius 2 is 1.95 bits per heavy atom. The molecule has 1 aromatic carbocycles. The van der Waals surface area contributed by atoms with E-state index in [1.165, 1.54) is 4.90 Å². The van der Waals surface area contributed by atoms with Gasteiger partial charge in [0.2, 0.25) is 0 Å². The van der Waals surface area contributed by atoms with Crippen LogP contribution in [0.4, 0.5) is 18.9 Å². The van der Waals surface area contributed by atoms with Gasteiger partial charge < -0.3 is 9.80 Å². The number of benzene rings is 1. The summed E-state index contributed by atoms with van der Waals surface area (Å²) in [5.41, 5.74) is 1.42. The van der Waals surface area contributed by atoms with Gasteiger partial charge in [0.25, 0.3) is 5.91 Å². The van der Waals surface area contributed by atoms with Crippen LogP contribution in [0.3, 0.4) is 0 Å². The van der Waals surface area contributed by atoms with Crippen molar-refractivity contribution in [1.29, 1.82) is 0 Å². The lowest BCUT2D eigenvalue weighted by Gasteiger charge is -2.33. The molecule has 1 aromatic rings. The van der Waals surface area contributed by atoms with Crippen LogP contribution >= 0.6 is 0 Å². The molecule has 1 heterocycles. The second kappa shape index (κ2) is 6.58. The predicted octanol–water partition coefficient (Wildman–Crippen LogP) is 3.56. The number of rotatable bonds is 3. The van der Waals surface area contributed by atoms with Crippen LogP contribution in [-0.4, -0.2) is 43.7 Å². The second-order valence-corrected chi connectivity index (χ2v) is 5.69. The minimum absolute atomic E-state index is 0.105. The zero-order valence-electron chi connectivity index (χ0n) is 12.9. The van der Waals surface area contributed by atoms with Gasteiger partial charge in [-0.3, -0.25) is 4.79 Å². The minimum atomic E-state index is -4.23. The van der Waals surface area contributed by atoms with Gasteiger partial charge in [0.1, 0.15) is 0 Å². The van der Waals surface area contributed by atoms with Gasteiger partial charge in [-0.05, 0) is 44.0 Å². The fourth-order valence-corrected chi connectivity index (χ4v) is 2.65. The maximum Gasteiger partial charge on any atom is 0.393 e. The summed E-state index contributed by atoms with van der Waals surface area (Å²) < 4.78 is 38.5. The number of piperidine rings is 1. The van der Waals surface area contributed by atoms with Crippen molar-refractivity contribution in [1.82, 2.24) is 4.90 Å². The summed E-state index contributed by atoms with van der Waals surface area (Å²) in [6.07, 6.45) is -3.73. The lowest BCUT2D eigenvalue weighted by Crippen LogP contribution is -2.44. The van der Waals surface area contributed by atoms with Gasteiger partial charge in [-0.25, -0.2) is 0 Å². The number of nitrogens with zero attached hydrogens (tertiary/aromatic N) is 2. The number of amides is 1. The Balaban J connectivity index is 2.07. The van der Waals surface area contributed by atoms with Crippen molar-refractivity contribution in [2.75, 3.05) is 31.6 Å². The highest BCUT2D eigenvalue weighted by atomic mass is 19.4. The van der Waals surface area contributed by atoms with Gasteiger partial charge in [-0.2, -0.15) is 13.2 Å². The standard InChI is InChI=1S/C16H21F3N2O/c1-3-20(2)14-8-6-12(7-9-14)15(22)21-10-4-5-13(11-21)16(17,18)19/h6-9,13H,3-5,10-11H2,1-2H3. The van der Waals surface area contributed by atoms with Gasteiger partial charge >= 0.3 is 6.18 Å². The van der Waals surface area contributed by atoms with Crippen molar-refractivity contribution in [3.8, 4) is 0 Å². The molecular weight excluding hydrogens is 293 g/mol. The molecule has 0 spiro atoms. The molecule has 1 aliphatic heterocycles. The quantitative estimate of drug-likeness (QED) is 0.852. The maximum atomic E-state index is 12.8. The monoisotopic (exact) mass is 314 g/mol. The van der Waals surface area contributed by atoms with E-state index in [9.17, 15) is 18.0 Å². The van der Waals surface area contributed by atoms with E-state index in [0.29, 0.717) is 18.5 Å². The molecule has 0 saturated carbocycles. The van der Waals surface area contributed by atoms with E-state index < -0.39 is 12.1 Å². The van der Waals surface area contributed by atoms with Gasteiger partial charge in [-0.1, -0.05) is 0 Å². The van der Waals surface area contributed by atoms with Crippen LogP contribution in [0.25, 0.3) is 0 Å². The Kier molecular flexibility index (Phi) is 4.98. The first-order valence-corrected chi connectivity index (χ1v) is 7.50. The van der Waals surface area contributed by atoms with Crippen molar-refractivity contribution in [2.45, 2.75) is 25.9 Å². The van der Waals surface area contributed by atoms with Crippen molar-refractivity contribution < 1.29 is 18.0 Å². The molecule has 1 saturated heterocycles. The second-order valence-electron chi connectivity index (χ2n) is 5.69. The van der Waals surface area contributed by atoms with Gasteiger partial charge in [0, 0.05) is 37.9 Å². The molecule has 1 unspecified atom stereocenters. The molecule has 2 rings (SSSR count). The van der Waals surface area contributed by atoms with Crippen molar-refractivity contribution in [3.05, 3.63) is 29.8 Å². The predicted molar refractivity (Wildman–Crippen MR) is 80.1 cm³/mol. The van der Waals surface area contributed by atoms with Gasteiger partial charge in [-0.15, -0.1) is 0 Å². The summed E-state index contributed by atoms with van der Waals surface area (Å²) in [7, 11) is 1.94. The molecule has 0 bridgehead atoms. The molecule has 122 valence electrons. The normalized spacial score (nSPS) is 19.1. The van der Waals surface area contributed by atoms with E-state index in [4.69, 9.17) is 0 Å². The number of alkyl halides is 3. The van der Waals surface area contributed by atoms with Crippen molar-refractivity contribution in [3.63, 3.8) is 0 Å². The van der Waals surface area contributed by atoms with E-state index >= 15 is 0 Å². The first-order valence-electron chi connectivity index (χ1n) is 7.50. The largest absolute Gasteiger partial charge is 0.393 e. The molecule has 22 heavy (non-hydrogen) atoms. The maximum absolute atomic E-state index is 12.8. The average Bonchev–Trinajstić information content (AvgIpc) is 2.53. The number of carbonyl (C=O) groups is 1. The first kappa shape index (κ1) is 16.6. The van der Waals surface area contributed by atoms with Crippen LogP contribution in [0.1, 0.15) is 30.1 Å². The van der Waals surface area contributed by atoms with E-state index in [0.717, 1.165) is 12.2 Å². The molecule has 0 aromatic heterocycles. The third-order valence-corrected chi connectivity index (χ3v) is 4.20. The molecule has 0 radical (unpaired) electrons. The number of halogens is 3. The molecule has 1 aliphatic rings.